The molecule has 0 spiro atoms. The molecule has 2 aliphatic heterocycles. The first kappa shape index (κ1) is 17.2. The van der Waals surface area contributed by atoms with E-state index in [1.165, 1.54) is 29.2 Å². The van der Waals surface area contributed by atoms with Crippen molar-refractivity contribution in [2.75, 3.05) is 46.2 Å². The Labute approximate surface area is 141 Å². The number of likely N-dealkylation sites (tertiary alicyclic amines) is 1. The Morgan fingerprint density at radius 2 is 2.21 bits per heavy atom. The van der Waals surface area contributed by atoms with Gasteiger partial charge in [-0.25, -0.2) is 17.7 Å². The van der Waals surface area contributed by atoms with E-state index in [-0.39, 0.29) is 17.2 Å². The van der Waals surface area contributed by atoms with Gasteiger partial charge in [0.1, 0.15) is 5.69 Å². The van der Waals surface area contributed by atoms with Crippen LogP contribution in [0.15, 0.2) is 18.6 Å². The summed E-state index contributed by atoms with van der Waals surface area (Å²) < 4.78 is 30.8. The summed E-state index contributed by atoms with van der Waals surface area (Å²) in [5, 5.41) is 0. The zero-order valence-electron chi connectivity index (χ0n) is 13.9. The van der Waals surface area contributed by atoms with Crippen molar-refractivity contribution in [1.82, 2.24) is 19.2 Å². The fourth-order valence-corrected chi connectivity index (χ4v) is 4.71. The van der Waals surface area contributed by atoms with Crippen molar-refractivity contribution in [3.63, 3.8) is 0 Å². The van der Waals surface area contributed by atoms with Crippen molar-refractivity contribution in [2.45, 2.75) is 6.42 Å². The van der Waals surface area contributed by atoms with Crippen LogP contribution in [0.5, 0.6) is 0 Å². The number of amides is 1. The van der Waals surface area contributed by atoms with Gasteiger partial charge in [0, 0.05) is 51.1 Å². The van der Waals surface area contributed by atoms with E-state index >= 15 is 0 Å². The summed E-state index contributed by atoms with van der Waals surface area (Å²) >= 11 is 0. The van der Waals surface area contributed by atoms with Gasteiger partial charge < -0.3 is 9.64 Å². The van der Waals surface area contributed by atoms with Gasteiger partial charge in [-0.2, -0.15) is 0 Å². The Hall–Kier alpha value is -1.58. The smallest absolute Gasteiger partial charge is 0.274 e. The molecule has 8 nitrogen and oxygen atoms in total. The number of fused-ring (bicyclic) bond motifs is 1. The summed E-state index contributed by atoms with van der Waals surface area (Å²) in [6.45, 7) is 2.44. The van der Waals surface area contributed by atoms with Crippen LogP contribution in [0.2, 0.25) is 0 Å². The topological polar surface area (TPSA) is 92.7 Å². The Balaban J connectivity index is 1.80. The normalized spacial score (nSPS) is 27.9. The molecule has 0 unspecified atom stereocenters. The van der Waals surface area contributed by atoms with Crippen molar-refractivity contribution < 1.29 is 17.9 Å². The number of carbonyl (C=O) groups excluding carboxylic acids is 1. The van der Waals surface area contributed by atoms with E-state index in [9.17, 15) is 13.2 Å². The molecule has 3 heterocycles. The lowest BCUT2D eigenvalue weighted by molar-refractivity contribution is 0.00321. The van der Waals surface area contributed by atoms with Gasteiger partial charge in [-0.05, 0) is 12.3 Å². The lowest BCUT2D eigenvalue weighted by Gasteiger charge is -2.43. The van der Waals surface area contributed by atoms with Crippen LogP contribution in [-0.2, 0) is 14.8 Å². The van der Waals surface area contributed by atoms with Gasteiger partial charge in [-0.1, -0.05) is 0 Å². The van der Waals surface area contributed by atoms with E-state index in [1.807, 2.05) is 0 Å². The highest BCUT2D eigenvalue weighted by Crippen LogP contribution is 2.44. The van der Waals surface area contributed by atoms with Crippen LogP contribution in [0.3, 0.4) is 0 Å². The number of ether oxygens (including phenoxy) is 1. The van der Waals surface area contributed by atoms with E-state index in [4.69, 9.17) is 4.74 Å². The second-order valence-corrected chi connectivity index (χ2v) is 8.62. The third-order valence-electron chi connectivity index (χ3n) is 5.07. The number of hydrogen-bond acceptors (Lipinski definition) is 6. The van der Waals surface area contributed by atoms with E-state index in [0.717, 1.165) is 0 Å². The summed E-state index contributed by atoms with van der Waals surface area (Å²) in [5.74, 6) is -0.103. The minimum absolute atomic E-state index is 0.0570. The quantitative estimate of drug-likeness (QED) is 0.746. The molecular formula is C15H22N4O4S. The van der Waals surface area contributed by atoms with Crippen LogP contribution in [0.1, 0.15) is 16.9 Å². The van der Waals surface area contributed by atoms with E-state index in [1.54, 1.807) is 12.0 Å². The van der Waals surface area contributed by atoms with Crippen molar-refractivity contribution >= 4 is 15.9 Å². The van der Waals surface area contributed by atoms with Crippen LogP contribution < -0.4 is 0 Å². The number of methoxy groups -OCH3 is 1. The van der Waals surface area contributed by atoms with Gasteiger partial charge in [-0.3, -0.25) is 9.78 Å². The van der Waals surface area contributed by atoms with Crippen molar-refractivity contribution in [3.8, 4) is 0 Å². The average molecular weight is 354 g/mol. The number of carbonyl (C=O) groups is 1. The predicted octanol–water partition coefficient (Wildman–Crippen LogP) is -0.153. The molecule has 1 aromatic heterocycles. The first-order valence-electron chi connectivity index (χ1n) is 7.85. The summed E-state index contributed by atoms with van der Waals surface area (Å²) in [4.78, 5) is 22.3. The minimum atomic E-state index is -3.26. The van der Waals surface area contributed by atoms with Gasteiger partial charge in [0.25, 0.3) is 5.91 Å². The van der Waals surface area contributed by atoms with E-state index in [0.29, 0.717) is 44.9 Å². The van der Waals surface area contributed by atoms with Gasteiger partial charge in [0.05, 0.1) is 19.1 Å². The second-order valence-electron chi connectivity index (χ2n) is 6.64. The zero-order chi connectivity index (χ0) is 17.4. The monoisotopic (exact) mass is 354 g/mol. The number of nitrogens with zero attached hydrogens (tertiary/aromatic N) is 4. The number of sulfonamides is 1. The molecule has 0 saturated carbocycles. The van der Waals surface area contributed by atoms with Gasteiger partial charge in [-0.15, -0.1) is 0 Å². The molecule has 2 fully saturated rings. The number of rotatable bonds is 4. The standard InChI is InChI=1S/C15H22N4O4S/c1-23-11-15-3-6-18(14(20)13-7-16-4-5-17-13)8-12(15)9-19(10-15)24(2,21)22/h4-5,7,12H,3,6,8-11H2,1-2H3/t12-,15+/m1/s1. The number of aromatic nitrogens is 2. The Kier molecular flexibility index (Phi) is 4.58. The van der Waals surface area contributed by atoms with Gasteiger partial charge in [0.15, 0.2) is 0 Å². The molecule has 0 aliphatic carbocycles. The zero-order valence-corrected chi connectivity index (χ0v) is 14.7. The second kappa shape index (κ2) is 6.38. The van der Waals surface area contributed by atoms with Gasteiger partial charge in [0.2, 0.25) is 10.0 Å². The highest BCUT2D eigenvalue weighted by Gasteiger charge is 2.52. The van der Waals surface area contributed by atoms with Crippen molar-refractivity contribution in [2.24, 2.45) is 11.3 Å². The molecule has 1 aromatic rings. The first-order valence-corrected chi connectivity index (χ1v) is 9.70. The fourth-order valence-electron chi connectivity index (χ4n) is 3.77. The molecule has 24 heavy (non-hydrogen) atoms. The Morgan fingerprint density at radius 1 is 1.42 bits per heavy atom. The van der Waals surface area contributed by atoms with Gasteiger partial charge >= 0.3 is 0 Å². The van der Waals surface area contributed by atoms with E-state index < -0.39 is 10.0 Å². The summed E-state index contributed by atoms with van der Waals surface area (Å²) in [5.41, 5.74) is 0.0893. The third kappa shape index (κ3) is 3.15. The average Bonchev–Trinajstić information content (AvgIpc) is 2.94. The van der Waals surface area contributed by atoms with Crippen LogP contribution in [0.4, 0.5) is 0 Å². The molecule has 132 valence electrons. The molecule has 2 atom stereocenters. The van der Waals surface area contributed by atoms with Crippen LogP contribution in [-0.4, -0.2) is 79.6 Å². The number of piperidine rings is 1. The maximum absolute atomic E-state index is 12.6. The molecule has 3 rings (SSSR count). The lowest BCUT2D eigenvalue weighted by Crippen LogP contribution is -2.51. The van der Waals surface area contributed by atoms with Crippen molar-refractivity contribution in [3.05, 3.63) is 24.3 Å². The largest absolute Gasteiger partial charge is 0.384 e. The minimum Gasteiger partial charge on any atom is -0.384 e. The number of hydrogen-bond donors (Lipinski definition) is 0. The molecule has 0 radical (unpaired) electrons. The molecule has 0 N–H and O–H groups in total. The lowest BCUT2D eigenvalue weighted by atomic mass is 9.73. The predicted molar refractivity (Wildman–Crippen MR) is 86.8 cm³/mol. The molecule has 9 heteroatoms. The maximum atomic E-state index is 12.6. The first-order chi connectivity index (χ1) is 11.4. The fraction of sp³-hybridized carbons (Fsp3) is 0.667. The van der Waals surface area contributed by atoms with Crippen molar-refractivity contribution in [1.29, 1.82) is 0 Å². The summed E-state index contributed by atoms with van der Waals surface area (Å²) in [6.07, 6.45) is 6.42. The molecule has 2 aliphatic rings. The molecule has 0 bridgehead atoms. The highest BCUT2D eigenvalue weighted by molar-refractivity contribution is 7.88. The Bertz CT molecular complexity index is 711. The molecule has 0 aromatic carbocycles. The SMILES string of the molecule is COC[C@@]12CCN(C(=O)c3cnccn3)C[C@@H]1CN(S(C)(=O)=O)C2. The molecule has 1 amide bonds. The van der Waals surface area contributed by atoms with Crippen LogP contribution >= 0.6 is 0 Å². The summed E-state index contributed by atoms with van der Waals surface area (Å²) in [7, 11) is -1.62. The molecule has 2 saturated heterocycles. The highest BCUT2D eigenvalue weighted by atomic mass is 32.2. The Morgan fingerprint density at radius 3 is 2.83 bits per heavy atom. The van der Waals surface area contributed by atoms with Crippen LogP contribution in [0.25, 0.3) is 0 Å². The van der Waals surface area contributed by atoms with E-state index in [2.05, 4.69) is 9.97 Å². The maximum Gasteiger partial charge on any atom is 0.274 e. The summed E-state index contributed by atoms with van der Waals surface area (Å²) in [6, 6.07) is 0. The molecular weight excluding hydrogens is 332 g/mol. The van der Waals surface area contributed by atoms with Crippen LogP contribution in [0, 0.1) is 11.3 Å². The third-order valence-corrected chi connectivity index (χ3v) is 6.29.